The average molecular weight is 592 g/mol. The molecule has 0 amide bonds. The van der Waals surface area contributed by atoms with Crippen molar-refractivity contribution >= 4 is 77.1 Å². The minimum absolute atomic E-state index is 0.348. The number of aliphatic imine (C=N–C) groups is 1. The molecule has 0 spiro atoms. The third kappa shape index (κ3) is 3.37. The van der Waals surface area contributed by atoms with Crippen molar-refractivity contribution in [1.29, 1.82) is 0 Å². The highest BCUT2D eigenvalue weighted by molar-refractivity contribution is 6.18. The molecule has 0 fully saturated rings. The zero-order valence-corrected chi connectivity index (χ0v) is 25.2. The molecular formula is C41H29N5. The van der Waals surface area contributed by atoms with Gasteiger partial charge in [0.05, 0.1) is 33.1 Å². The van der Waals surface area contributed by atoms with Crippen LogP contribution in [0, 0.1) is 0 Å². The van der Waals surface area contributed by atoms with Crippen LogP contribution in [0.25, 0.3) is 71.2 Å². The molecule has 0 aliphatic carbocycles. The molecule has 0 N–H and O–H groups in total. The predicted octanol–water partition coefficient (Wildman–Crippen LogP) is 9.86. The molecule has 218 valence electrons. The highest BCUT2D eigenvalue weighted by atomic mass is 15.4. The molecule has 0 saturated carbocycles. The first-order valence-corrected chi connectivity index (χ1v) is 15.7. The Kier molecular flexibility index (Phi) is 5.20. The quantitative estimate of drug-likeness (QED) is 0.197. The first kappa shape index (κ1) is 25.3. The summed E-state index contributed by atoms with van der Waals surface area (Å²) in [4.78, 5) is 7.98. The van der Waals surface area contributed by atoms with Crippen LogP contribution < -0.4 is 0 Å². The lowest BCUT2D eigenvalue weighted by atomic mass is 10.2. The molecule has 0 bridgehead atoms. The van der Waals surface area contributed by atoms with E-state index in [4.69, 9.17) is 4.99 Å². The Balaban J connectivity index is 1.34. The molecule has 0 saturated heterocycles. The number of fused-ring (bicyclic) bond motifs is 9. The minimum Gasteiger partial charge on any atom is -0.321 e. The fraction of sp³-hybridized carbons (Fsp3) is 0.0488. The van der Waals surface area contributed by atoms with E-state index in [1.54, 1.807) is 0 Å². The van der Waals surface area contributed by atoms with Gasteiger partial charge in [-0.05, 0) is 36.4 Å². The van der Waals surface area contributed by atoms with Crippen molar-refractivity contribution in [1.82, 2.24) is 18.6 Å². The Hall–Kier alpha value is -6.07. The Morgan fingerprint density at radius 1 is 0.413 bits per heavy atom. The fourth-order valence-electron chi connectivity index (χ4n) is 7.69. The van der Waals surface area contributed by atoms with Crippen LogP contribution >= 0.6 is 0 Å². The summed E-state index contributed by atoms with van der Waals surface area (Å²) in [5, 5.41) is 7.38. The highest BCUT2D eigenvalue weighted by Gasteiger charge is 2.30. The smallest absolute Gasteiger partial charge is 0.206 e. The van der Waals surface area contributed by atoms with Crippen LogP contribution in [0.3, 0.4) is 0 Å². The second-order valence-electron chi connectivity index (χ2n) is 12.1. The van der Waals surface area contributed by atoms with Gasteiger partial charge in [-0.2, -0.15) is 0 Å². The summed E-state index contributed by atoms with van der Waals surface area (Å²) in [6.45, 7) is 0. The monoisotopic (exact) mass is 591 g/mol. The normalized spacial score (nSPS) is 15.5. The van der Waals surface area contributed by atoms with Gasteiger partial charge < -0.3 is 9.47 Å². The third-order valence-electron chi connectivity index (χ3n) is 9.68. The molecule has 6 aromatic carbocycles. The van der Waals surface area contributed by atoms with E-state index in [1.165, 1.54) is 43.4 Å². The van der Waals surface area contributed by atoms with Crippen molar-refractivity contribution in [3.63, 3.8) is 0 Å². The number of allylic oxidation sites excluding steroid dienone is 1. The van der Waals surface area contributed by atoms with Crippen molar-refractivity contribution in [3.8, 4) is 0 Å². The number of hydrogen-bond acceptors (Lipinski definition) is 2. The molecule has 1 aliphatic heterocycles. The fourth-order valence-corrected chi connectivity index (χ4v) is 7.69. The van der Waals surface area contributed by atoms with Crippen molar-refractivity contribution in [2.24, 2.45) is 4.99 Å². The van der Waals surface area contributed by atoms with Gasteiger partial charge in [0.2, 0.25) is 6.29 Å². The van der Waals surface area contributed by atoms with Crippen molar-refractivity contribution in [3.05, 3.63) is 152 Å². The molecule has 1 aliphatic rings. The van der Waals surface area contributed by atoms with Gasteiger partial charge in [0.25, 0.3) is 0 Å². The van der Waals surface area contributed by atoms with Gasteiger partial charge in [-0.3, -0.25) is 9.13 Å². The zero-order chi connectivity index (χ0) is 30.4. The number of benzene rings is 6. The lowest BCUT2D eigenvalue weighted by molar-refractivity contribution is 0.271. The van der Waals surface area contributed by atoms with E-state index in [2.05, 4.69) is 177 Å². The van der Waals surface area contributed by atoms with Gasteiger partial charge in [-0.25, -0.2) is 4.99 Å². The van der Waals surface area contributed by atoms with E-state index in [0.29, 0.717) is 0 Å². The third-order valence-corrected chi connectivity index (χ3v) is 9.68. The lowest BCUT2D eigenvalue weighted by Crippen LogP contribution is -2.34. The van der Waals surface area contributed by atoms with Crippen LogP contribution in [-0.2, 0) is 0 Å². The Labute approximate surface area is 265 Å². The van der Waals surface area contributed by atoms with E-state index in [1.807, 2.05) is 0 Å². The van der Waals surface area contributed by atoms with Crippen molar-refractivity contribution in [2.45, 2.75) is 6.29 Å². The zero-order valence-electron chi connectivity index (χ0n) is 25.2. The van der Waals surface area contributed by atoms with Crippen molar-refractivity contribution in [2.75, 3.05) is 7.05 Å². The lowest BCUT2D eigenvalue weighted by Gasteiger charge is -2.35. The van der Waals surface area contributed by atoms with Crippen molar-refractivity contribution < 1.29 is 0 Å². The van der Waals surface area contributed by atoms with Gasteiger partial charge in [0, 0.05) is 45.4 Å². The van der Waals surface area contributed by atoms with Gasteiger partial charge in [0.15, 0.2) is 0 Å². The van der Waals surface area contributed by atoms with Crippen LogP contribution in [0.15, 0.2) is 157 Å². The van der Waals surface area contributed by atoms with Gasteiger partial charge in [0.1, 0.15) is 11.7 Å². The molecule has 9 aromatic rings. The molecule has 1 unspecified atom stereocenters. The molecule has 5 nitrogen and oxygen atoms in total. The maximum absolute atomic E-state index is 5.65. The molecule has 4 heterocycles. The minimum atomic E-state index is -0.348. The number of nitrogens with zero attached hydrogens (tertiary/aromatic N) is 5. The summed E-state index contributed by atoms with van der Waals surface area (Å²) < 4.78 is 7.15. The van der Waals surface area contributed by atoms with Crippen LogP contribution in [0.1, 0.15) is 6.29 Å². The average Bonchev–Trinajstić information content (AvgIpc) is 3.75. The Bertz CT molecular complexity index is 2570. The molecule has 1 atom stereocenters. The largest absolute Gasteiger partial charge is 0.321 e. The molecular weight excluding hydrogens is 562 g/mol. The van der Waals surface area contributed by atoms with Crippen LogP contribution in [0.4, 0.5) is 0 Å². The van der Waals surface area contributed by atoms with E-state index < -0.39 is 0 Å². The number of rotatable bonds is 2. The topological polar surface area (TPSA) is 30.4 Å². The summed E-state index contributed by atoms with van der Waals surface area (Å²) in [5.41, 5.74) is 6.96. The van der Waals surface area contributed by atoms with Gasteiger partial charge >= 0.3 is 0 Å². The summed E-state index contributed by atoms with van der Waals surface area (Å²) >= 11 is 0. The van der Waals surface area contributed by atoms with Gasteiger partial charge in [-0.1, -0.05) is 109 Å². The second kappa shape index (κ2) is 9.46. The number of hydrogen-bond donors (Lipinski definition) is 0. The van der Waals surface area contributed by atoms with Crippen LogP contribution in [-0.4, -0.2) is 31.5 Å². The molecule has 3 aromatic heterocycles. The van der Waals surface area contributed by atoms with Crippen LogP contribution in [0.5, 0.6) is 0 Å². The van der Waals surface area contributed by atoms with E-state index in [0.717, 1.165) is 33.7 Å². The highest BCUT2D eigenvalue weighted by Crippen LogP contribution is 2.40. The standard InChI is InChI=1S/C41H29N5/c1-43-40(45-35-22-10-4-16-29(35)30-17-5-11-23-36(30)45)26-39(44-33-20-8-2-14-27(33)28-15-3-9-21-34(28)44)42-41(43)46-37-24-12-6-18-31(37)32-19-7-13-25-38(32)46/h2-26,41H,1H3. The molecule has 46 heavy (non-hydrogen) atoms. The first-order valence-electron chi connectivity index (χ1n) is 15.7. The summed E-state index contributed by atoms with van der Waals surface area (Å²) in [5.74, 6) is 1.97. The first-order chi connectivity index (χ1) is 22.8. The van der Waals surface area contributed by atoms with Gasteiger partial charge in [-0.15, -0.1) is 0 Å². The van der Waals surface area contributed by atoms with E-state index >= 15 is 0 Å². The second-order valence-corrected chi connectivity index (χ2v) is 12.1. The summed E-state index contributed by atoms with van der Waals surface area (Å²) in [6, 6.07) is 52.1. The Morgan fingerprint density at radius 3 is 1.15 bits per heavy atom. The van der Waals surface area contributed by atoms with E-state index in [-0.39, 0.29) is 6.29 Å². The molecule has 10 rings (SSSR count). The predicted molar refractivity (Wildman–Crippen MR) is 192 cm³/mol. The maximum atomic E-state index is 5.65. The Morgan fingerprint density at radius 2 is 0.739 bits per heavy atom. The van der Waals surface area contributed by atoms with E-state index in [9.17, 15) is 0 Å². The SMILES string of the molecule is CN1C(n2c3ccccc3c3ccccc32)=CC(n2c3ccccc3c3ccccc32)=NC1n1c2ccccc2c2ccccc21. The number of aromatic nitrogens is 3. The number of para-hydroxylation sites is 6. The summed E-state index contributed by atoms with van der Waals surface area (Å²) in [7, 11) is 2.18. The molecule has 0 radical (unpaired) electrons. The molecule has 5 heteroatoms. The van der Waals surface area contributed by atoms with Crippen LogP contribution in [0.2, 0.25) is 0 Å². The maximum Gasteiger partial charge on any atom is 0.206 e. The summed E-state index contributed by atoms with van der Waals surface area (Å²) in [6.07, 6.45) is 1.92.